The molecule has 0 fully saturated rings. The van der Waals surface area contributed by atoms with E-state index in [1.54, 1.807) is 0 Å². The summed E-state index contributed by atoms with van der Waals surface area (Å²) in [5.74, 6) is -21.8. The van der Waals surface area contributed by atoms with Crippen LogP contribution in [-0.2, 0) is 0 Å². The fourth-order valence-electron chi connectivity index (χ4n) is 1.90. The van der Waals surface area contributed by atoms with E-state index in [0.29, 0.717) is 11.8 Å². The lowest BCUT2D eigenvalue weighted by atomic mass is 9.84. The van der Waals surface area contributed by atoms with Crippen LogP contribution in [0.15, 0.2) is 4.99 Å². The van der Waals surface area contributed by atoms with Crippen molar-refractivity contribution in [3.05, 3.63) is 0 Å². The van der Waals surface area contributed by atoms with Crippen LogP contribution >= 0.6 is 11.8 Å². The van der Waals surface area contributed by atoms with Gasteiger partial charge in [0, 0.05) is 12.5 Å². The molecule has 2 atom stereocenters. The highest BCUT2D eigenvalue weighted by atomic mass is 32.2. The normalized spacial score (nSPS) is 26.8. The third-order valence-corrected chi connectivity index (χ3v) is 4.22. The van der Waals surface area contributed by atoms with Crippen molar-refractivity contribution in [2.45, 2.75) is 43.5 Å². The summed E-state index contributed by atoms with van der Waals surface area (Å²) < 4.78 is 118. The number of aliphatic hydroxyl groups is 1. The predicted molar refractivity (Wildman–Crippen MR) is 68.6 cm³/mol. The zero-order valence-corrected chi connectivity index (χ0v) is 13.0. The number of amidine groups is 1. The van der Waals surface area contributed by atoms with Crippen LogP contribution in [0.2, 0.25) is 0 Å². The van der Waals surface area contributed by atoms with Crippen molar-refractivity contribution in [2.75, 3.05) is 12.3 Å². The second-order valence-electron chi connectivity index (χ2n) is 5.09. The van der Waals surface area contributed by atoms with E-state index in [1.807, 2.05) is 0 Å². The Labute approximate surface area is 134 Å². The first-order chi connectivity index (χ1) is 10.6. The van der Waals surface area contributed by atoms with Crippen LogP contribution in [0.5, 0.6) is 0 Å². The number of thioether (sulfide) groups is 1. The summed E-state index contributed by atoms with van der Waals surface area (Å²) in [6.45, 7) is 1.60. The van der Waals surface area contributed by atoms with Gasteiger partial charge in [0.25, 0.3) is 0 Å². The van der Waals surface area contributed by atoms with E-state index in [9.17, 15) is 44.6 Å². The van der Waals surface area contributed by atoms with Gasteiger partial charge in [-0.1, -0.05) is 25.6 Å². The third-order valence-electron chi connectivity index (χ3n) is 3.42. The Morgan fingerprint density at radius 3 is 2.04 bits per heavy atom. The van der Waals surface area contributed by atoms with Crippen molar-refractivity contribution in [3.63, 3.8) is 0 Å². The molecule has 142 valence electrons. The predicted octanol–water partition coefficient (Wildman–Crippen LogP) is 3.49. The largest absolute Gasteiger partial charge is 0.460 e. The Morgan fingerprint density at radius 1 is 1.12 bits per heavy atom. The van der Waals surface area contributed by atoms with Crippen LogP contribution in [0, 0.1) is 5.92 Å². The number of nitrogens with one attached hydrogen (secondary N) is 1. The van der Waals surface area contributed by atoms with E-state index in [2.05, 4.69) is 4.99 Å². The molecule has 3 nitrogen and oxygen atoms in total. The Morgan fingerprint density at radius 2 is 1.62 bits per heavy atom. The van der Waals surface area contributed by atoms with Crippen LogP contribution in [0.25, 0.3) is 0 Å². The lowest BCUT2D eigenvalue weighted by molar-refractivity contribution is -0.422. The summed E-state index contributed by atoms with van der Waals surface area (Å²) in [6, 6.07) is 0. The number of rotatable bonds is 4. The molecule has 13 heteroatoms. The van der Waals surface area contributed by atoms with Crippen molar-refractivity contribution in [1.29, 1.82) is 0 Å². The minimum Gasteiger partial charge on any atom is -0.365 e. The minimum atomic E-state index is -7.06. The van der Waals surface area contributed by atoms with Crippen molar-refractivity contribution in [3.8, 4) is 0 Å². The van der Waals surface area contributed by atoms with Crippen molar-refractivity contribution < 1.29 is 44.6 Å². The molecule has 0 bridgehead atoms. The topological polar surface area (TPSA) is 44.6 Å². The lowest BCUT2D eigenvalue weighted by Gasteiger charge is -2.47. The fraction of sp³-hybridized carbons (Fsp3) is 0.909. The SMILES string of the molecule is CCSC1=NCC(C)C(O)(C(F)(F)C(F)(F)C(F)(F)C(F)(F)F)N1. The summed E-state index contributed by atoms with van der Waals surface area (Å²) >= 11 is 0.687. The maximum absolute atomic E-state index is 14.1. The van der Waals surface area contributed by atoms with E-state index in [-0.39, 0.29) is 5.75 Å². The van der Waals surface area contributed by atoms with Crippen LogP contribution in [0.1, 0.15) is 13.8 Å². The minimum absolute atomic E-state index is 0.191. The van der Waals surface area contributed by atoms with Gasteiger partial charge in [-0.3, -0.25) is 4.99 Å². The zero-order chi connectivity index (χ0) is 19.2. The molecule has 1 heterocycles. The number of halogens is 9. The summed E-state index contributed by atoms with van der Waals surface area (Å²) in [7, 11) is 0. The Kier molecular flexibility index (Phi) is 5.43. The van der Waals surface area contributed by atoms with E-state index in [1.165, 1.54) is 12.2 Å². The highest BCUT2D eigenvalue weighted by molar-refractivity contribution is 8.13. The molecule has 0 aromatic carbocycles. The lowest BCUT2D eigenvalue weighted by Crippen LogP contribution is -2.76. The molecular weight excluding hydrogens is 379 g/mol. The quantitative estimate of drug-likeness (QED) is 0.720. The van der Waals surface area contributed by atoms with Gasteiger partial charge in [0.2, 0.25) is 5.72 Å². The molecular formula is C11H13F9N2OS. The second-order valence-corrected chi connectivity index (χ2v) is 6.34. The highest BCUT2D eigenvalue weighted by Gasteiger charge is 2.86. The van der Waals surface area contributed by atoms with Crippen molar-refractivity contribution in [2.24, 2.45) is 10.9 Å². The maximum Gasteiger partial charge on any atom is 0.460 e. The van der Waals surface area contributed by atoms with Crippen LogP contribution in [-0.4, -0.2) is 52.2 Å². The molecule has 0 saturated heterocycles. The van der Waals surface area contributed by atoms with Gasteiger partial charge in [-0.2, -0.15) is 39.5 Å². The van der Waals surface area contributed by atoms with Crippen molar-refractivity contribution >= 4 is 16.9 Å². The van der Waals surface area contributed by atoms with Crippen LogP contribution in [0.4, 0.5) is 39.5 Å². The molecule has 0 aliphatic carbocycles. The average Bonchev–Trinajstić information content (AvgIpc) is 2.41. The molecule has 2 N–H and O–H groups in total. The first-order valence-corrected chi connectivity index (χ1v) is 7.42. The van der Waals surface area contributed by atoms with E-state index in [0.717, 1.165) is 6.92 Å². The van der Waals surface area contributed by atoms with Crippen molar-refractivity contribution in [1.82, 2.24) is 5.32 Å². The molecule has 0 aromatic heterocycles. The summed E-state index contributed by atoms with van der Waals surface area (Å²) in [5.41, 5.74) is -4.05. The first-order valence-electron chi connectivity index (χ1n) is 6.44. The molecule has 24 heavy (non-hydrogen) atoms. The summed E-state index contributed by atoms with van der Waals surface area (Å²) in [5, 5.41) is 10.9. The van der Waals surface area contributed by atoms with Gasteiger partial charge in [-0.25, -0.2) is 0 Å². The van der Waals surface area contributed by atoms with Crippen LogP contribution < -0.4 is 5.32 Å². The molecule has 1 rings (SSSR count). The number of aliphatic imine (C=N–C) groups is 1. The second kappa shape index (κ2) is 6.15. The number of hydrogen-bond acceptors (Lipinski definition) is 4. The zero-order valence-electron chi connectivity index (χ0n) is 12.2. The number of hydrogen-bond donors (Lipinski definition) is 2. The Hall–Kier alpha value is -0.850. The molecule has 0 aromatic rings. The van der Waals surface area contributed by atoms with Gasteiger partial charge >= 0.3 is 23.9 Å². The van der Waals surface area contributed by atoms with Gasteiger partial charge in [0.05, 0.1) is 0 Å². The van der Waals surface area contributed by atoms with Gasteiger partial charge in [0.1, 0.15) is 0 Å². The Balaban J connectivity index is 3.38. The van der Waals surface area contributed by atoms with Gasteiger partial charge in [-0.05, 0) is 5.75 Å². The monoisotopic (exact) mass is 392 g/mol. The standard InChI is InChI=1S/C11H13F9N2OS/c1-3-24-6-21-4-5(2)7(23,22-6)8(12,13)9(14,15)10(16,17)11(18,19)20/h5,23H,3-4H2,1-2H3,(H,21,22). The number of alkyl halides is 9. The van der Waals surface area contributed by atoms with E-state index < -0.39 is 47.3 Å². The van der Waals surface area contributed by atoms with Crippen LogP contribution in [0.3, 0.4) is 0 Å². The van der Waals surface area contributed by atoms with Gasteiger partial charge < -0.3 is 10.4 Å². The molecule has 0 spiro atoms. The molecule has 0 amide bonds. The van der Waals surface area contributed by atoms with Gasteiger partial charge in [-0.15, -0.1) is 0 Å². The highest BCUT2D eigenvalue weighted by Crippen LogP contribution is 2.57. The fourth-order valence-corrected chi connectivity index (χ4v) is 2.57. The van der Waals surface area contributed by atoms with E-state index in [4.69, 9.17) is 0 Å². The first kappa shape index (κ1) is 21.2. The Bertz CT molecular complexity index is 508. The smallest absolute Gasteiger partial charge is 0.365 e. The summed E-state index contributed by atoms with van der Waals surface area (Å²) in [4.78, 5) is 3.62. The molecule has 2 unspecified atom stereocenters. The molecule has 0 saturated carbocycles. The molecule has 1 aliphatic heterocycles. The molecule has 1 aliphatic rings. The average molecular weight is 392 g/mol. The summed E-state index contributed by atoms with van der Waals surface area (Å²) in [6.07, 6.45) is -6.94. The number of nitrogens with zero attached hydrogens (tertiary/aromatic N) is 1. The third kappa shape index (κ3) is 2.93. The maximum atomic E-state index is 14.1. The van der Waals surface area contributed by atoms with E-state index >= 15 is 0 Å². The van der Waals surface area contributed by atoms with Gasteiger partial charge in [0.15, 0.2) is 5.17 Å². The molecule has 0 radical (unpaired) electrons.